The third kappa shape index (κ3) is 4.25. The van der Waals surface area contributed by atoms with Crippen molar-refractivity contribution in [2.45, 2.75) is 43.9 Å². The molecule has 0 bridgehead atoms. The maximum atomic E-state index is 14.4. The molecule has 1 aromatic carbocycles. The normalized spacial score (nSPS) is 21.7. The number of nitrogens with zero attached hydrogens (tertiary/aromatic N) is 3. The number of ether oxygens (including phenoxy) is 3. The molecule has 1 fully saturated rings. The monoisotopic (exact) mass is 444 g/mol. The van der Waals surface area contributed by atoms with Crippen molar-refractivity contribution in [3.8, 4) is 17.7 Å². The first-order chi connectivity index (χ1) is 15.4. The Morgan fingerprint density at radius 2 is 2.22 bits per heavy atom. The molecule has 5 rings (SSSR count). The quantitative estimate of drug-likeness (QED) is 0.704. The van der Waals surface area contributed by atoms with Crippen LogP contribution in [0.15, 0.2) is 24.3 Å². The molecule has 1 amide bonds. The zero-order chi connectivity index (χ0) is 22.3. The first-order valence-electron chi connectivity index (χ1n) is 10.6. The highest BCUT2D eigenvalue weighted by molar-refractivity contribution is 5.92. The SMILES string of the molecule is N#Cc1ccc2c(c1)C[C@@H](NC(=O)c1cc3n(n1)CC(C(F)(F)COCC1CC1)O3)CO2. The summed E-state index contributed by atoms with van der Waals surface area (Å²) in [5.41, 5.74) is 1.44. The van der Waals surface area contributed by atoms with Crippen molar-refractivity contribution in [3.63, 3.8) is 0 Å². The van der Waals surface area contributed by atoms with Gasteiger partial charge in [0.25, 0.3) is 5.91 Å². The molecule has 0 saturated heterocycles. The van der Waals surface area contributed by atoms with E-state index < -0.39 is 24.5 Å². The van der Waals surface area contributed by atoms with E-state index in [4.69, 9.17) is 19.5 Å². The number of amides is 1. The number of halogens is 2. The van der Waals surface area contributed by atoms with Crippen molar-refractivity contribution >= 4 is 5.91 Å². The Hall–Kier alpha value is -3.19. The van der Waals surface area contributed by atoms with Crippen LogP contribution in [0.3, 0.4) is 0 Å². The molecule has 3 aliphatic rings. The summed E-state index contributed by atoms with van der Waals surface area (Å²) in [7, 11) is 0. The van der Waals surface area contributed by atoms with E-state index in [1.165, 1.54) is 10.7 Å². The third-order valence-corrected chi connectivity index (χ3v) is 5.82. The van der Waals surface area contributed by atoms with Gasteiger partial charge < -0.3 is 19.5 Å². The summed E-state index contributed by atoms with van der Waals surface area (Å²) in [6, 6.07) is 8.30. The van der Waals surface area contributed by atoms with Crippen LogP contribution in [0.4, 0.5) is 8.78 Å². The van der Waals surface area contributed by atoms with Gasteiger partial charge in [0.1, 0.15) is 19.0 Å². The van der Waals surface area contributed by atoms with Crippen LogP contribution in [-0.4, -0.2) is 53.6 Å². The average Bonchev–Trinajstić information content (AvgIpc) is 3.36. The number of carbonyl (C=O) groups excluding carboxylic acids is 1. The van der Waals surface area contributed by atoms with E-state index in [-0.39, 0.29) is 30.8 Å². The van der Waals surface area contributed by atoms with E-state index in [1.807, 2.05) is 0 Å². The molecular weight excluding hydrogens is 422 g/mol. The number of benzene rings is 1. The van der Waals surface area contributed by atoms with Gasteiger partial charge in [-0.1, -0.05) is 0 Å². The number of carbonyl (C=O) groups is 1. The Morgan fingerprint density at radius 3 is 2.97 bits per heavy atom. The van der Waals surface area contributed by atoms with Crippen LogP contribution in [0.1, 0.15) is 34.5 Å². The summed E-state index contributed by atoms with van der Waals surface area (Å²) in [5, 5.41) is 16.0. The lowest BCUT2D eigenvalue weighted by Crippen LogP contribution is -2.43. The predicted octanol–water partition coefficient (Wildman–Crippen LogP) is 2.31. The molecular formula is C22H22F2N4O4. The van der Waals surface area contributed by atoms with E-state index in [0.29, 0.717) is 30.3 Å². The van der Waals surface area contributed by atoms with E-state index in [2.05, 4.69) is 16.5 Å². The Balaban J connectivity index is 1.17. The Morgan fingerprint density at radius 1 is 1.38 bits per heavy atom. The lowest BCUT2D eigenvalue weighted by molar-refractivity contribution is -0.137. The van der Waals surface area contributed by atoms with Gasteiger partial charge in [0.2, 0.25) is 5.88 Å². The number of hydrogen-bond donors (Lipinski definition) is 1. The second kappa shape index (κ2) is 8.06. The summed E-state index contributed by atoms with van der Waals surface area (Å²) < 4.78 is 46.2. The molecule has 1 N–H and O–H groups in total. The summed E-state index contributed by atoms with van der Waals surface area (Å²) in [4.78, 5) is 12.6. The zero-order valence-corrected chi connectivity index (χ0v) is 17.2. The highest BCUT2D eigenvalue weighted by Gasteiger charge is 2.46. The number of aromatic nitrogens is 2. The molecule has 8 nitrogen and oxygen atoms in total. The van der Waals surface area contributed by atoms with Crippen LogP contribution in [-0.2, 0) is 17.7 Å². The van der Waals surface area contributed by atoms with Gasteiger partial charge >= 0.3 is 5.92 Å². The van der Waals surface area contributed by atoms with Gasteiger partial charge in [-0.15, -0.1) is 0 Å². The van der Waals surface area contributed by atoms with Crippen LogP contribution < -0.4 is 14.8 Å². The topological polar surface area (TPSA) is 98.4 Å². The predicted molar refractivity (Wildman–Crippen MR) is 107 cm³/mol. The zero-order valence-electron chi connectivity index (χ0n) is 17.2. The van der Waals surface area contributed by atoms with E-state index in [9.17, 15) is 13.6 Å². The second-order valence-electron chi connectivity index (χ2n) is 8.50. The molecule has 1 saturated carbocycles. The molecule has 32 heavy (non-hydrogen) atoms. The van der Waals surface area contributed by atoms with Crippen molar-refractivity contribution in [2.24, 2.45) is 5.92 Å². The van der Waals surface area contributed by atoms with Crippen molar-refractivity contribution in [3.05, 3.63) is 41.1 Å². The van der Waals surface area contributed by atoms with Crippen LogP contribution in [0, 0.1) is 17.2 Å². The minimum absolute atomic E-state index is 0.0864. The maximum Gasteiger partial charge on any atom is 0.308 e. The number of fused-ring (bicyclic) bond motifs is 2. The number of nitrogens with one attached hydrogen (secondary N) is 1. The lowest BCUT2D eigenvalue weighted by atomic mass is 10.0. The Labute approximate surface area is 183 Å². The van der Waals surface area contributed by atoms with Crippen molar-refractivity contribution in [1.29, 1.82) is 5.26 Å². The molecule has 1 unspecified atom stereocenters. The summed E-state index contributed by atoms with van der Waals surface area (Å²) in [6.45, 7) is -0.212. The first kappa shape index (κ1) is 20.7. The van der Waals surface area contributed by atoms with Gasteiger partial charge in [0.05, 0.1) is 24.2 Å². The summed E-state index contributed by atoms with van der Waals surface area (Å²) in [5.74, 6) is -2.36. The van der Waals surface area contributed by atoms with E-state index >= 15 is 0 Å². The molecule has 10 heteroatoms. The van der Waals surface area contributed by atoms with Gasteiger partial charge in [-0.2, -0.15) is 19.1 Å². The number of rotatable bonds is 7. The first-order valence-corrected chi connectivity index (χ1v) is 10.6. The molecule has 0 spiro atoms. The Bertz CT molecular complexity index is 1050. The van der Waals surface area contributed by atoms with Crippen LogP contribution in [0.2, 0.25) is 0 Å². The smallest absolute Gasteiger partial charge is 0.308 e. The largest absolute Gasteiger partial charge is 0.491 e. The summed E-state index contributed by atoms with van der Waals surface area (Å²) in [6.07, 6.45) is 1.20. The molecule has 2 atom stereocenters. The number of hydrogen-bond acceptors (Lipinski definition) is 6. The fourth-order valence-corrected chi connectivity index (χ4v) is 3.85. The van der Waals surface area contributed by atoms with Crippen LogP contribution in [0.5, 0.6) is 11.6 Å². The van der Waals surface area contributed by atoms with Crippen LogP contribution in [0.25, 0.3) is 0 Å². The highest BCUT2D eigenvalue weighted by atomic mass is 19.3. The minimum Gasteiger partial charge on any atom is -0.491 e. The highest BCUT2D eigenvalue weighted by Crippen LogP contribution is 2.34. The fourth-order valence-electron chi connectivity index (χ4n) is 3.85. The lowest BCUT2D eigenvalue weighted by Gasteiger charge is -2.26. The van der Waals surface area contributed by atoms with Crippen molar-refractivity contribution in [1.82, 2.24) is 15.1 Å². The van der Waals surface area contributed by atoms with Gasteiger partial charge in [0.15, 0.2) is 11.8 Å². The van der Waals surface area contributed by atoms with Gasteiger partial charge in [-0.25, -0.2) is 4.68 Å². The molecule has 2 aromatic rings. The van der Waals surface area contributed by atoms with Crippen LogP contribution >= 0.6 is 0 Å². The van der Waals surface area contributed by atoms with Gasteiger partial charge in [-0.05, 0) is 48.9 Å². The number of nitriles is 1. The van der Waals surface area contributed by atoms with Gasteiger partial charge in [0, 0.05) is 12.7 Å². The molecule has 1 aromatic heterocycles. The van der Waals surface area contributed by atoms with Gasteiger partial charge in [-0.3, -0.25) is 4.79 Å². The third-order valence-electron chi connectivity index (χ3n) is 5.82. The van der Waals surface area contributed by atoms with E-state index in [1.54, 1.807) is 18.2 Å². The molecule has 168 valence electrons. The van der Waals surface area contributed by atoms with Crippen molar-refractivity contribution < 1.29 is 27.8 Å². The standard InChI is InChI=1S/C22H22F2N4O4/c23-22(24,12-30-10-13-1-2-13)19-9-28-20(32-19)7-17(27-28)21(29)26-16-6-15-5-14(8-25)3-4-18(15)31-11-16/h3-5,7,13,16,19H,1-2,6,9-12H2,(H,26,29)/t16-,19?/m1/s1. The molecule has 1 aliphatic carbocycles. The summed E-state index contributed by atoms with van der Waals surface area (Å²) >= 11 is 0. The second-order valence-corrected chi connectivity index (χ2v) is 8.50. The van der Waals surface area contributed by atoms with Crippen molar-refractivity contribution in [2.75, 3.05) is 19.8 Å². The fraction of sp³-hybridized carbons (Fsp3) is 0.500. The van der Waals surface area contributed by atoms with E-state index in [0.717, 1.165) is 18.4 Å². The number of alkyl halides is 2. The minimum atomic E-state index is -3.15. The maximum absolute atomic E-state index is 14.4. The molecule has 2 aliphatic heterocycles. The molecule has 3 heterocycles. The Kier molecular flexibility index (Phi) is 5.21. The average molecular weight is 444 g/mol. The molecule has 0 radical (unpaired) electrons.